The maximum atomic E-state index is 12.5. The van der Waals surface area contributed by atoms with Crippen molar-refractivity contribution < 1.29 is 14.4 Å². The molecule has 1 aromatic rings. The van der Waals surface area contributed by atoms with E-state index in [2.05, 4.69) is 5.32 Å². The number of carbonyl (C=O) groups excluding carboxylic acids is 3. The summed E-state index contributed by atoms with van der Waals surface area (Å²) < 4.78 is 0. The maximum absolute atomic E-state index is 12.5. The van der Waals surface area contributed by atoms with Gasteiger partial charge in [-0.05, 0) is 31.0 Å². The summed E-state index contributed by atoms with van der Waals surface area (Å²) in [6.07, 6.45) is 0.581. The van der Waals surface area contributed by atoms with Crippen LogP contribution in [-0.2, 0) is 14.4 Å². The topological polar surface area (TPSA) is 69.7 Å². The summed E-state index contributed by atoms with van der Waals surface area (Å²) in [4.78, 5) is 39.8. The van der Waals surface area contributed by atoms with E-state index in [1.807, 2.05) is 13.0 Å². The SMILES string of the molecule is CC(=O)N1CCN(C(=O)C2CC2C(=O)Nc2cc(Cl)ccc2C)CC1. The number of aryl methyl sites for hydroxylation is 1. The highest BCUT2D eigenvalue weighted by Gasteiger charge is 2.49. The molecule has 7 heteroatoms. The molecule has 3 rings (SSSR count). The molecule has 1 saturated heterocycles. The van der Waals surface area contributed by atoms with E-state index >= 15 is 0 Å². The lowest BCUT2D eigenvalue weighted by atomic mass is 10.2. The number of halogens is 1. The number of anilines is 1. The Hall–Kier alpha value is -2.08. The number of rotatable bonds is 3. The van der Waals surface area contributed by atoms with Crippen molar-refractivity contribution in [1.29, 1.82) is 0 Å². The molecule has 6 nitrogen and oxygen atoms in total. The van der Waals surface area contributed by atoms with Crippen LogP contribution in [0.15, 0.2) is 18.2 Å². The molecule has 1 saturated carbocycles. The van der Waals surface area contributed by atoms with Crippen LogP contribution in [0.2, 0.25) is 5.02 Å². The predicted octanol–water partition coefficient (Wildman–Crippen LogP) is 1.91. The van der Waals surface area contributed by atoms with E-state index in [9.17, 15) is 14.4 Å². The fraction of sp³-hybridized carbons (Fsp3) is 0.500. The molecule has 1 aromatic carbocycles. The van der Waals surface area contributed by atoms with Crippen LogP contribution in [0.4, 0.5) is 5.69 Å². The molecule has 0 radical (unpaired) electrons. The zero-order chi connectivity index (χ0) is 18.1. The van der Waals surface area contributed by atoms with Gasteiger partial charge in [-0.3, -0.25) is 14.4 Å². The van der Waals surface area contributed by atoms with Crippen molar-refractivity contribution in [2.24, 2.45) is 11.8 Å². The molecule has 2 aliphatic rings. The van der Waals surface area contributed by atoms with Crippen LogP contribution in [0.5, 0.6) is 0 Å². The lowest BCUT2D eigenvalue weighted by Gasteiger charge is -2.34. The van der Waals surface area contributed by atoms with Crippen molar-refractivity contribution in [3.63, 3.8) is 0 Å². The zero-order valence-electron chi connectivity index (χ0n) is 14.4. The van der Waals surface area contributed by atoms with Gasteiger partial charge < -0.3 is 15.1 Å². The van der Waals surface area contributed by atoms with Gasteiger partial charge in [-0.25, -0.2) is 0 Å². The van der Waals surface area contributed by atoms with Crippen LogP contribution in [0.3, 0.4) is 0 Å². The second-order valence-corrected chi connectivity index (χ2v) is 7.16. The van der Waals surface area contributed by atoms with Gasteiger partial charge in [-0.1, -0.05) is 17.7 Å². The molecule has 3 amide bonds. The third kappa shape index (κ3) is 3.95. The first kappa shape index (κ1) is 17.7. The van der Waals surface area contributed by atoms with E-state index in [1.54, 1.807) is 21.9 Å². The quantitative estimate of drug-likeness (QED) is 0.891. The van der Waals surface area contributed by atoms with Crippen LogP contribution in [0.25, 0.3) is 0 Å². The Bertz CT molecular complexity index is 714. The van der Waals surface area contributed by atoms with Crippen molar-refractivity contribution in [3.8, 4) is 0 Å². The minimum atomic E-state index is -0.281. The van der Waals surface area contributed by atoms with Gasteiger partial charge in [0.2, 0.25) is 17.7 Å². The lowest BCUT2D eigenvalue weighted by molar-refractivity contribution is -0.139. The summed E-state index contributed by atoms with van der Waals surface area (Å²) in [6.45, 7) is 5.64. The molecule has 1 heterocycles. The molecular formula is C18H22ClN3O3. The number of nitrogens with one attached hydrogen (secondary N) is 1. The first-order valence-electron chi connectivity index (χ1n) is 8.48. The summed E-state index contributed by atoms with van der Waals surface area (Å²) >= 11 is 5.97. The Kier molecular flexibility index (Phi) is 4.99. The molecule has 0 spiro atoms. The number of nitrogens with zero attached hydrogens (tertiary/aromatic N) is 2. The Morgan fingerprint density at radius 3 is 2.36 bits per heavy atom. The number of hydrogen-bond donors (Lipinski definition) is 1. The number of benzene rings is 1. The van der Waals surface area contributed by atoms with Gasteiger partial charge in [0.1, 0.15) is 0 Å². The van der Waals surface area contributed by atoms with Gasteiger partial charge in [-0.15, -0.1) is 0 Å². The fourth-order valence-corrected chi connectivity index (χ4v) is 3.36. The smallest absolute Gasteiger partial charge is 0.228 e. The lowest BCUT2D eigenvalue weighted by Crippen LogP contribution is -2.50. The number of carbonyl (C=O) groups is 3. The number of piperazine rings is 1. The average Bonchev–Trinajstić information content (AvgIpc) is 3.38. The van der Waals surface area contributed by atoms with Gasteiger partial charge >= 0.3 is 0 Å². The molecular weight excluding hydrogens is 342 g/mol. The van der Waals surface area contributed by atoms with Crippen molar-refractivity contribution in [1.82, 2.24) is 9.80 Å². The van der Waals surface area contributed by atoms with Gasteiger partial charge in [-0.2, -0.15) is 0 Å². The summed E-state index contributed by atoms with van der Waals surface area (Å²) in [5, 5.41) is 3.44. The molecule has 25 heavy (non-hydrogen) atoms. The van der Waals surface area contributed by atoms with E-state index in [0.29, 0.717) is 43.3 Å². The Morgan fingerprint density at radius 1 is 1.08 bits per heavy atom. The van der Waals surface area contributed by atoms with E-state index in [-0.39, 0.29) is 29.6 Å². The normalized spacial score (nSPS) is 22.5. The summed E-state index contributed by atoms with van der Waals surface area (Å²) in [7, 11) is 0. The van der Waals surface area contributed by atoms with Crippen molar-refractivity contribution in [2.75, 3.05) is 31.5 Å². The van der Waals surface area contributed by atoms with Gasteiger partial charge in [0.15, 0.2) is 0 Å². The first-order valence-corrected chi connectivity index (χ1v) is 8.86. The van der Waals surface area contributed by atoms with Gasteiger partial charge in [0.25, 0.3) is 0 Å². The number of hydrogen-bond acceptors (Lipinski definition) is 3. The highest BCUT2D eigenvalue weighted by molar-refractivity contribution is 6.31. The standard InChI is InChI=1S/C18H22ClN3O3/c1-11-3-4-13(19)9-16(11)20-17(24)14-10-15(14)18(25)22-7-5-21(6-8-22)12(2)23/h3-4,9,14-15H,5-8,10H2,1-2H3,(H,20,24). The molecule has 2 fully saturated rings. The Balaban J connectivity index is 1.53. The molecule has 1 aliphatic heterocycles. The predicted molar refractivity (Wildman–Crippen MR) is 95.2 cm³/mol. The van der Waals surface area contributed by atoms with Crippen LogP contribution < -0.4 is 5.32 Å². The third-order valence-corrected chi connectivity index (χ3v) is 5.17. The molecule has 134 valence electrons. The zero-order valence-corrected chi connectivity index (χ0v) is 15.2. The highest BCUT2D eigenvalue weighted by Crippen LogP contribution is 2.41. The highest BCUT2D eigenvalue weighted by atomic mass is 35.5. The van der Waals surface area contributed by atoms with Gasteiger partial charge in [0, 0.05) is 43.8 Å². The van der Waals surface area contributed by atoms with Crippen molar-refractivity contribution >= 4 is 35.0 Å². The Morgan fingerprint density at radius 2 is 1.72 bits per heavy atom. The van der Waals surface area contributed by atoms with Crippen LogP contribution in [0.1, 0.15) is 18.9 Å². The van der Waals surface area contributed by atoms with Crippen molar-refractivity contribution in [2.45, 2.75) is 20.3 Å². The fourth-order valence-electron chi connectivity index (χ4n) is 3.19. The molecule has 2 atom stereocenters. The van der Waals surface area contributed by atoms with E-state index in [1.165, 1.54) is 6.92 Å². The third-order valence-electron chi connectivity index (χ3n) is 4.94. The monoisotopic (exact) mass is 363 g/mol. The minimum Gasteiger partial charge on any atom is -0.339 e. The number of amides is 3. The second-order valence-electron chi connectivity index (χ2n) is 6.73. The molecule has 0 aromatic heterocycles. The summed E-state index contributed by atoms with van der Waals surface area (Å²) in [5.41, 5.74) is 1.62. The van der Waals surface area contributed by atoms with E-state index in [0.717, 1.165) is 5.56 Å². The summed E-state index contributed by atoms with van der Waals surface area (Å²) in [5.74, 6) is -0.606. The first-order chi connectivity index (χ1) is 11.9. The average molecular weight is 364 g/mol. The molecule has 2 unspecified atom stereocenters. The summed E-state index contributed by atoms with van der Waals surface area (Å²) in [6, 6.07) is 5.34. The van der Waals surface area contributed by atoms with Gasteiger partial charge in [0.05, 0.1) is 11.8 Å². The Labute approximate surface area is 152 Å². The minimum absolute atomic E-state index is 0.0196. The van der Waals surface area contributed by atoms with Crippen molar-refractivity contribution in [3.05, 3.63) is 28.8 Å². The molecule has 1 aliphatic carbocycles. The van der Waals surface area contributed by atoms with Crippen LogP contribution in [0, 0.1) is 18.8 Å². The van der Waals surface area contributed by atoms with E-state index in [4.69, 9.17) is 11.6 Å². The largest absolute Gasteiger partial charge is 0.339 e. The maximum Gasteiger partial charge on any atom is 0.228 e. The molecule has 1 N–H and O–H groups in total. The van der Waals surface area contributed by atoms with E-state index < -0.39 is 0 Å². The molecule has 0 bridgehead atoms. The van der Waals surface area contributed by atoms with Crippen LogP contribution >= 0.6 is 11.6 Å². The second kappa shape index (κ2) is 7.04. The van der Waals surface area contributed by atoms with Crippen LogP contribution in [-0.4, -0.2) is 53.7 Å².